The number of rotatable bonds is 20. The molecule has 19 nitrogen and oxygen atoms in total. The predicted molar refractivity (Wildman–Crippen MR) is 297 cm³/mol. The number of hydrogen-bond acceptors (Lipinski definition) is 13. The first-order valence-electron chi connectivity index (χ1n) is 26.3. The van der Waals surface area contributed by atoms with Gasteiger partial charge in [0.1, 0.15) is 29.1 Å². The number of carbonyl (C=O) groups excluding carboxylic acids is 4. The molecule has 10 N–H and O–H groups in total. The molecule has 0 atom stereocenters. The van der Waals surface area contributed by atoms with Crippen molar-refractivity contribution in [3.8, 4) is 22.5 Å². The van der Waals surface area contributed by atoms with Crippen LogP contribution >= 0.6 is 0 Å². The van der Waals surface area contributed by atoms with Crippen molar-refractivity contribution in [3.05, 3.63) is 137 Å². The fourth-order valence-corrected chi connectivity index (χ4v) is 8.83. The maximum absolute atomic E-state index is 14.9. The van der Waals surface area contributed by atoms with Crippen LogP contribution in [0.25, 0.3) is 22.5 Å². The summed E-state index contributed by atoms with van der Waals surface area (Å²) in [7, 11) is 0. The van der Waals surface area contributed by atoms with E-state index in [4.69, 9.17) is 5.73 Å². The van der Waals surface area contributed by atoms with E-state index in [2.05, 4.69) is 72.3 Å². The molecule has 78 heavy (non-hydrogen) atoms. The molecule has 22 heteroatoms. The number of carbonyl (C=O) groups is 4. The molecule has 4 aromatic heterocycles. The number of nitrogen functional groups attached to an aromatic ring is 1. The zero-order valence-electron chi connectivity index (χ0n) is 44.0. The number of anilines is 5. The Morgan fingerprint density at radius 2 is 0.987 bits per heavy atom. The minimum Gasteiger partial charge on any atom is -0.397 e. The van der Waals surface area contributed by atoms with E-state index in [-0.39, 0.29) is 36.3 Å². The van der Waals surface area contributed by atoms with Gasteiger partial charge in [0.05, 0.1) is 45.8 Å². The van der Waals surface area contributed by atoms with Crippen molar-refractivity contribution in [2.24, 2.45) is 0 Å². The molecule has 2 aromatic carbocycles. The fraction of sp³-hybridized carbons (Fsp3) is 0.357. The van der Waals surface area contributed by atoms with Gasteiger partial charge >= 0.3 is 12.1 Å². The smallest absolute Gasteiger partial charge is 0.319 e. The Kier molecular flexibility index (Phi) is 21.5. The maximum atomic E-state index is 14.9. The first kappa shape index (κ1) is 57.3. The number of nitrogens with zero attached hydrogens (tertiary/aromatic N) is 6. The molecule has 2 aliphatic rings. The Hall–Kier alpha value is -8.37. The third-order valence-corrected chi connectivity index (χ3v) is 12.8. The zero-order valence-corrected chi connectivity index (χ0v) is 44.0. The van der Waals surface area contributed by atoms with E-state index in [0.29, 0.717) is 82.7 Å². The van der Waals surface area contributed by atoms with E-state index >= 15 is 0 Å². The first-order chi connectivity index (χ1) is 37.8. The lowest BCUT2D eigenvalue weighted by atomic mass is 10.1. The standard InChI is InChI=1S/C28H33F2N7O2.C28H35FN8O2/c1-2-32-26-22(27(38)33-10-13-37-11-4-3-5-12-37)7-9-24(35-26)20-6-8-25(23(30)15-20)36-28(39)34-17-19-14-21(29)18-31-16-19;1-2-32-26-22(27(38)33-10-13-37-11-4-3-5-12-37)7-9-24(35-26)20-6-8-25(23(29)15-20)36-28(39)34-17-19-14-21(30)18-31-16-19/h6-9,14-16,18H,2-5,10-13,17H2,1H3,(H,32,35)(H,33,38)(H2,34,36,39);6-9,14-16,18H,2-5,10-13,17,30H2,1H3,(H,32,35)(H,33,38)(H2,34,36,39). The molecule has 2 saturated heterocycles. The molecule has 6 aromatic rings. The summed E-state index contributed by atoms with van der Waals surface area (Å²) in [4.78, 5) is 71.7. The molecule has 6 heterocycles. The number of amides is 6. The van der Waals surface area contributed by atoms with E-state index in [1.165, 1.54) is 81.3 Å². The second-order valence-corrected chi connectivity index (χ2v) is 18.7. The highest BCUT2D eigenvalue weighted by Gasteiger charge is 2.19. The number of benzene rings is 2. The normalized spacial score (nSPS) is 13.5. The number of urea groups is 2. The van der Waals surface area contributed by atoms with Crippen molar-refractivity contribution in [1.29, 1.82) is 0 Å². The molecule has 0 unspecified atom stereocenters. The largest absolute Gasteiger partial charge is 0.397 e. The van der Waals surface area contributed by atoms with Gasteiger partial charge in [-0.3, -0.25) is 19.6 Å². The third kappa shape index (κ3) is 17.3. The molecule has 2 aliphatic heterocycles. The number of nitrogens with one attached hydrogen (secondary N) is 8. The molecule has 8 rings (SSSR count). The van der Waals surface area contributed by atoms with Gasteiger partial charge in [-0.15, -0.1) is 0 Å². The molecule has 0 spiro atoms. The predicted octanol–water partition coefficient (Wildman–Crippen LogP) is 8.23. The van der Waals surface area contributed by atoms with Crippen LogP contribution < -0.4 is 48.3 Å². The fourth-order valence-electron chi connectivity index (χ4n) is 8.83. The van der Waals surface area contributed by atoms with Crippen LogP contribution in [0.15, 0.2) is 97.6 Å². The van der Waals surface area contributed by atoms with E-state index in [1.807, 2.05) is 13.8 Å². The van der Waals surface area contributed by atoms with Gasteiger partial charge in [-0.1, -0.05) is 25.0 Å². The molecular formula is C56H68F3N15O4. The second-order valence-electron chi connectivity index (χ2n) is 18.7. The Balaban J connectivity index is 0.000000226. The molecule has 0 radical (unpaired) electrons. The highest BCUT2D eigenvalue weighted by Crippen LogP contribution is 2.28. The van der Waals surface area contributed by atoms with Crippen molar-refractivity contribution in [3.63, 3.8) is 0 Å². The lowest BCUT2D eigenvalue weighted by Crippen LogP contribution is -2.37. The lowest BCUT2D eigenvalue weighted by molar-refractivity contribution is 0.0939. The average Bonchev–Trinajstić information content (AvgIpc) is 3.45. The minimum absolute atomic E-state index is 0.0229. The molecule has 0 aliphatic carbocycles. The highest BCUT2D eigenvalue weighted by molar-refractivity contribution is 6.00. The summed E-state index contributed by atoms with van der Waals surface area (Å²) in [5.74, 6) is -1.34. The quantitative estimate of drug-likeness (QED) is 0.0350. The van der Waals surface area contributed by atoms with Crippen molar-refractivity contribution in [2.75, 3.05) is 92.4 Å². The third-order valence-electron chi connectivity index (χ3n) is 12.8. The summed E-state index contributed by atoms with van der Waals surface area (Å²) >= 11 is 0. The van der Waals surface area contributed by atoms with Crippen LogP contribution in [0.4, 0.5) is 51.5 Å². The molecular weight excluding hydrogens is 1000 g/mol. The Labute approximate surface area is 452 Å². The zero-order chi connectivity index (χ0) is 55.2. The van der Waals surface area contributed by atoms with Gasteiger partial charge in [0.2, 0.25) is 0 Å². The number of nitrogens with two attached hydrogens (primary N) is 1. The highest BCUT2D eigenvalue weighted by atomic mass is 19.1. The maximum Gasteiger partial charge on any atom is 0.319 e. The van der Waals surface area contributed by atoms with Crippen LogP contribution in [0.1, 0.15) is 84.2 Å². The Bertz CT molecular complexity index is 2790. The number of hydrogen-bond donors (Lipinski definition) is 9. The van der Waals surface area contributed by atoms with E-state index < -0.39 is 29.5 Å². The summed E-state index contributed by atoms with van der Waals surface area (Å²) in [6, 6.07) is 17.2. The minimum atomic E-state index is -0.651. The molecule has 0 saturated carbocycles. The summed E-state index contributed by atoms with van der Waals surface area (Å²) in [6.45, 7) is 12.2. The van der Waals surface area contributed by atoms with Gasteiger partial charge in [-0.2, -0.15) is 0 Å². The van der Waals surface area contributed by atoms with Crippen LogP contribution in [0.2, 0.25) is 0 Å². The number of likely N-dealkylation sites (tertiary alicyclic amines) is 2. The van der Waals surface area contributed by atoms with Crippen molar-refractivity contribution < 1.29 is 32.3 Å². The first-order valence-corrected chi connectivity index (χ1v) is 26.3. The monoisotopic (exact) mass is 1070 g/mol. The number of aromatic nitrogens is 4. The average molecular weight is 1070 g/mol. The number of halogens is 3. The van der Waals surface area contributed by atoms with Gasteiger partial charge in [-0.25, -0.2) is 32.7 Å². The van der Waals surface area contributed by atoms with E-state index in [1.54, 1.807) is 48.7 Å². The summed E-state index contributed by atoms with van der Waals surface area (Å²) in [5, 5.41) is 22.3. The molecule has 2 fully saturated rings. The van der Waals surface area contributed by atoms with Crippen LogP contribution in [-0.2, 0) is 13.1 Å². The van der Waals surface area contributed by atoms with Gasteiger partial charge in [0.15, 0.2) is 0 Å². The van der Waals surface area contributed by atoms with E-state index in [9.17, 15) is 32.3 Å². The second kappa shape index (κ2) is 29.2. The summed E-state index contributed by atoms with van der Waals surface area (Å²) < 4.78 is 43.0. The lowest BCUT2D eigenvalue weighted by Gasteiger charge is -2.26. The Morgan fingerprint density at radius 1 is 0.538 bits per heavy atom. The molecule has 6 amide bonds. The van der Waals surface area contributed by atoms with Gasteiger partial charge < -0.3 is 58.1 Å². The van der Waals surface area contributed by atoms with Gasteiger partial charge in [0, 0.05) is 82.1 Å². The van der Waals surface area contributed by atoms with Crippen LogP contribution in [0, 0.1) is 17.5 Å². The summed E-state index contributed by atoms with van der Waals surface area (Å²) in [5.41, 5.74) is 10.2. The van der Waals surface area contributed by atoms with Crippen molar-refractivity contribution in [1.82, 2.24) is 51.0 Å². The van der Waals surface area contributed by atoms with Crippen LogP contribution in [-0.4, -0.2) is 119 Å². The van der Waals surface area contributed by atoms with Crippen molar-refractivity contribution >= 4 is 52.6 Å². The van der Waals surface area contributed by atoms with Crippen molar-refractivity contribution in [2.45, 2.75) is 65.5 Å². The molecule has 412 valence electrons. The van der Waals surface area contributed by atoms with Crippen LogP contribution in [0.5, 0.6) is 0 Å². The Morgan fingerprint density at radius 3 is 1.41 bits per heavy atom. The van der Waals surface area contributed by atoms with Gasteiger partial charge in [-0.05, 0) is 138 Å². The number of piperidine rings is 2. The van der Waals surface area contributed by atoms with E-state index in [0.717, 1.165) is 51.0 Å². The van der Waals surface area contributed by atoms with Crippen LogP contribution in [0.3, 0.4) is 0 Å². The summed E-state index contributed by atoms with van der Waals surface area (Å²) in [6.07, 6.45) is 12.9. The van der Waals surface area contributed by atoms with Gasteiger partial charge in [0.25, 0.3) is 11.8 Å². The molecule has 0 bridgehead atoms. The SMILES string of the molecule is CCNc1nc(-c2ccc(NC(=O)NCc3cncc(F)c3)c(F)c2)ccc1C(=O)NCCN1CCCCC1.CCNc1nc(-c2ccc(NC(=O)NCc3cncc(N)c3)c(F)c2)ccc1C(=O)NCCN1CCCCC1. The topological polar surface area (TPSA) is 249 Å². The number of pyridine rings is 4.